The number of carbonyl (C=O) groups is 2. The van der Waals surface area contributed by atoms with Crippen LogP contribution >= 0.6 is 15.9 Å². The van der Waals surface area contributed by atoms with Crippen LogP contribution in [0, 0.1) is 0 Å². The summed E-state index contributed by atoms with van der Waals surface area (Å²) in [5.41, 5.74) is 1.07. The highest BCUT2D eigenvalue weighted by Crippen LogP contribution is 2.15. The van der Waals surface area contributed by atoms with Crippen LogP contribution < -0.4 is 5.56 Å². The lowest BCUT2D eigenvalue weighted by molar-refractivity contribution is -0.144. The maximum absolute atomic E-state index is 13.0. The van der Waals surface area contributed by atoms with E-state index in [4.69, 9.17) is 4.74 Å². The van der Waals surface area contributed by atoms with E-state index >= 15 is 0 Å². The summed E-state index contributed by atoms with van der Waals surface area (Å²) in [4.78, 5) is 47.4. The van der Waals surface area contributed by atoms with Gasteiger partial charge in [0.25, 0.3) is 5.56 Å². The zero-order valence-corrected chi connectivity index (χ0v) is 18.0. The van der Waals surface area contributed by atoms with Crippen LogP contribution in [-0.2, 0) is 27.4 Å². The maximum Gasteiger partial charge on any atom is 0.307 e. The molecule has 0 radical (unpaired) electrons. The van der Waals surface area contributed by atoms with Gasteiger partial charge in [0.05, 0.1) is 30.3 Å². The summed E-state index contributed by atoms with van der Waals surface area (Å²) in [5, 5.41) is 0.421. The second-order valence-electron chi connectivity index (χ2n) is 6.57. The zero-order chi connectivity index (χ0) is 21.5. The lowest BCUT2D eigenvalue weighted by atomic mass is 10.2. The second-order valence-corrected chi connectivity index (χ2v) is 7.49. The molecule has 0 spiro atoms. The number of amides is 1. The van der Waals surface area contributed by atoms with E-state index in [1.807, 2.05) is 6.07 Å². The minimum absolute atomic E-state index is 0.0671. The maximum atomic E-state index is 13.0. The van der Waals surface area contributed by atoms with E-state index < -0.39 is 0 Å². The Hall–Kier alpha value is -3.07. The number of fused-ring (bicyclic) bond motifs is 1. The molecule has 30 heavy (non-hydrogen) atoms. The van der Waals surface area contributed by atoms with Crippen LogP contribution in [0.1, 0.15) is 18.9 Å². The van der Waals surface area contributed by atoms with Gasteiger partial charge in [0, 0.05) is 30.0 Å². The average Bonchev–Trinajstić information content (AvgIpc) is 2.74. The molecule has 3 rings (SSSR count). The van der Waals surface area contributed by atoms with Gasteiger partial charge in [0.2, 0.25) is 5.91 Å². The fourth-order valence-corrected chi connectivity index (χ4v) is 3.31. The lowest BCUT2D eigenvalue weighted by Crippen LogP contribution is -2.37. The predicted octanol–water partition coefficient (Wildman–Crippen LogP) is 2.54. The number of rotatable bonds is 8. The van der Waals surface area contributed by atoms with E-state index in [2.05, 4.69) is 25.9 Å². The molecule has 0 aliphatic heterocycles. The van der Waals surface area contributed by atoms with Crippen LogP contribution in [0.5, 0.6) is 0 Å². The van der Waals surface area contributed by atoms with Gasteiger partial charge in [-0.1, -0.05) is 22.0 Å². The van der Waals surface area contributed by atoms with Gasteiger partial charge in [-0.25, -0.2) is 4.98 Å². The number of aromatic nitrogens is 3. The van der Waals surface area contributed by atoms with Gasteiger partial charge >= 0.3 is 5.97 Å². The molecule has 8 nitrogen and oxygen atoms in total. The Balaban J connectivity index is 1.81. The third-order valence-corrected chi connectivity index (χ3v) is 4.93. The topological polar surface area (TPSA) is 94.4 Å². The highest BCUT2D eigenvalue weighted by molar-refractivity contribution is 9.10. The molecule has 0 aliphatic rings. The largest absolute Gasteiger partial charge is 0.466 e. The number of hydrogen-bond donors (Lipinski definition) is 0. The van der Waals surface area contributed by atoms with Crippen molar-refractivity contribution in [3.63, 3.8) is 0 Å². The van der Waals surface area contributed by atoms with Crippen LogP contribution in [0.4, 0.5) is 0 Å². The third-order valence-electron chi connectivity index (χ3n) is 4.43. The number of hydrogen-bond acceptors (Lipinski definition) is 6. The number of esters is 1. The first-order chi connectivity index (χ1) is 14.5. The zero-order valence-electron chi connectivity index (χ0n) is 16.5. The molecule has 0 atom stereocenters. The smallest absolute Gasteiger partial charge is 0.307 e. The van der Waals surface area contributed by atoms with E-state index in [9.17, 15) is 14.4 Å². The Bertz CT molecular complexity index is 1100. The summed E-state index contributed by atoms with van der Waals surface area (Å²) in [7, 11) is 0. The standard InChI is InChI=1S/C21H21BrN4O4/c1-2-30-20(28)7-9-25(12-15-4-3-8-23-11-15)19(27)13-26-14-24-18-6-5-16(22)10-17(18)21(26)29/h3-6,8,10-11,14H,2,7,9,12-13H2,1H3. The first-order valence-electron chi connectivity index (χ1n) is 9.45. The van der Waals surface area contributed by atoms with Gasteiger partial charge in [-0.05, 0) is 36.8 Å². The molecule has 9 heteroatoms. The molecule has 1 aromatic carbocycles. The van der Waals surface area contributed by atoms with Crippen molar-refractivity contribution in [3.05, 3.63) is 69.4 Å². The summed E-state index contributed by atoms with van der Waals surface area (Å²) in [6.45, 7) is 2.27. The van der Waals surface area contributed by atoms with Gasteiger partial charge in [0.15, 0.2) is 0 Å². The minimum Gasteiger partial charge on any atom is -0.466 e. The number of benzene rings is 1. The summed E-state index contributed by atoms with van der Waals surface area (Å²) < 4.78 is 6.99. The summed E-state index contributed by atoms with van der Waals surface area (Å²) in [6, 6.07) is 8.84. The number of halogens is 1. The van der Waals surface area contributed by atoms with Crippen molar-refractivity contribution in [2.45, 2.75) is 26.4 Å². The Morgan fingerprint density at radius 3 is 2.83 bits per heavy atom. The van der Waals surface area contributed by atoms with Crippen LogP contribution in [0.25, 0.3) is 10.9 Å². The highest BCUT2D eigenvalue weighted by Gasteiger charge is 2.18. The van der Waals surface area contributed by atoms with Crippen LogP contribution in [0.2, 0.25) is 0 Å². The van der Waals surface area contributed by atoms with Crippen molar-refractivity contribution in [2.75, 3.05) is 13.2 Å². The molecule has 0 unspecified atom stereocenters. The quantitative estimate of drug-likeness (QED) is 0.467. The van der Waals surface area contributed by atoms with Crippen LogP contribution in [-0.4, -0.2) is 44.5 Å². The SMILES string of the molecule is CCOC(=O)CCN(Cc1cccnc1)C(=O)Cn1cnc2ccc(Br)cc2c1=O. The van der Waals surface area contributed by atoms with Gasteiger partial charge in [-0.2, -0.15) is 0 Å². The monoisotopic (exact) mass is 472 g/mol. The molecular weight excluding hydrogens is 452 g/mol. The first-order valence-corrected chi connectivity index (χ1v) is 10.2. The Morgan fingerprint density at radius 1 is 1.27 bits per heavy atom. The fraction of sp³-hybridized carbons (Fsp3) is 0.286. The summed E-state index contributed by atoms with van der Waals surface area (Å²) in [5.74, 6) is -0.683. The van der Waals surface area contributed by atoms with E-state index in [1.54, 1.807) is 43.6 Å². The van der Waals surface area contributed by atoms with Crippen molar-refractivity contribution in [3.8, 4) is 0 Å². The van der Waals surface area contributed by atoms with Gasteiger partial charge in [0.1, 0.15) is 6.54 Å². The van der Waals surface area contributed by atoms with Crippen LogP contribution in [0.15, 0.2) is 58.3 Å². The molecular formula is C21H21BrN4O4. The molecule has 156 valence electrons. The molecule has 0 aliphatic carbocycles. The van der Waals surface area contributed by atoms with Crippen LogP contribution in [0.3, 0.4) is 0 Å². The van der Waals surface area contributed by atoms with Gasteiger partial charge in [-0.15, -0.1) is 0 Å². The van der Waals surface area contributed by atoms with E-state index in [0.29, 0.717) is 10.9 Å². The predicted molar refractivity (Wildman–Crippen MR) is 115 cm³/mol. The molecule has 0 saturated carbocycles. The minimum atomic E-state index is -0.379. The van der Waals surface area contributed by atoms with Crippen molar-refractivity contribution in [1.82, 2.24) is 19.4 Å². The first kappa shape index (κ1) is 21.6. The molecule has 1 amide bonds. The van der Waals surface area contributed by atoms with Gasteiger partial charge < -0.3 is 9.64 Å². The van der Waals surface area contributed by atoms with E-state index in [0.717, 1.165) is 10.0 Å². The van der Waals surface area contributed by atoms with E-state index in [-0.39, 0.29) is 50.1 Å². The summed E-state index contributed by atoms with van der Waals surface area (Å²) in [6.07, 6.45) is 4.74. The normalized spacial score (nSPS) is 10.7. The highest BCUT2D eigenvalue weighted by atomic mass is 79.9. The molecule has 0 saturated heterocycles. The Kier molecular flexibility index (Phi) is 7.29. The summed E-state index contributed by atoms with van der Waals surface area (Å²) >= 11 is 3.35. The molecule has 0 bridgehead atoms. The molecule has 0 fully saturated rings. The molecule has 3 aromatic rings. The third kappa shape index (κ3) is 5.50. The molecule has 2 heterocycles. The number of pyridine rings is 1. The second kappa shape index (κ2) is 10.1. The van der Waals surface area contributed by atoms with Crippen molar-refractivity contribution < 1.29 is 14.3 Å². The Labute approximate surface area is 181 Å². The van der Waals surface area contributed by atoms with Crippen molar-refractivity contribution in [2.24, 2.45) is 0 Å². The Morgan fingerprint density at radius 2 is 2.10 bits per heavy atom. The van der Waals surface area contributed by atoms with Gasteiger partial charge in [-0.3, -0.25) is 23.9 Å². The lowest BCUT2D eigenvalue weighted by Gasteiger charge is -2.23. The van der Waals surface area contributed by atoms with Crippen molar-refractivity contribution in [1.29, 1.82) is 0 Å². The number of ether oxygens (including phenoxy) is 1. The molecule has 2 aromatic heterocycles. The number of carbonyl (C=O) groups excluding carboxylic acids is 2. The average molecular weight is 473 g/mol. The molecule has 0 N–H and O–H groups in total. The van der Waals surface area contributed by atoms with Crippen molar-refractivity contribution >= 4 is 38.7 Å². The number of nitrogens with zero attached hydrogens (tertiary/aromatic N) is 4. The van der Waals surface area contributed by atoms with E-state index in [1.165, 1.54) is 15.8 Å². The fourth-order valence-electron chi connectivity index (χ4n) is 2.95.